The third-order valence-electron chi connectivity index (χ3n) is 2.64. The van der Waals surface area contributed by atoms with Gasteiger partial charge in [-0.1, -0.05) is 15.9 Å². The molecule has 0 aliphatic carbocycles. The largest absolute Gasteiger partial charge is 0.497 e. The number of rotatable bonds is 5. The Balaban J connectivity index is 2.76. The van der Waals surface area contributed by atoms with Gasteiger partial charge in [-0.3, -0.25) is 4.79 Å². The molecule has 0 saturated carbocycles. The molecule has 5 heteroatoms. The van der Waals surface area contributed by atoms with Crippen molar-refractivity contribution in [3.63, 3.8) is 0 Å². The lowest BCUT2D eigenvalue weighted by atomic mass is 10.1. The first kappa shape index (κ1) is 16.0. The Labute approximate surface area is 122 Å². The quantitative estimate of drug-likeness (QED) is 0.901. The summed E-state index contributed by atoms with van der Waals surface area (Å²) in [5.74, 6) is 0.673. The number of amides is 1. The molecule has 0 aliphatic heterocycles. The number of aliphatic hydroxyl groups is 1. The monoisotopic (exact) mass is 329 g/mol. The van der Waals surface area contributed by atoms with Crippen LogP contribution in [0.4, 0.5) is 0 Å². The number of carbonyl (C=O) groups is 1. The highest BCUT2D eigenvalue weighted by Crippen LogP contribution is 2.23. The SMILES string of the molecule is COc1ccc(Br)c(CC(=O)N(C)CC(C)(C)O)c1. The van der Waals surface area contributed by atoms with Crippen molar-refractivity contribution in [2.24, 2.45) is 0 Å². The van der Waals surface area contributed by atoms with Crippen LogP contribution in [-0.4, -0.2) is 42.2 Å². The maximum absolute atomic E-state index is 12.1. The Hall–Kier alpha value is -1.07. The summed E-state index contributed by atoms with van der Waals surface area (Å²) in [5.41, 5.74) is -0.0253. The fourth-order valence-corrected chi connectivity index (χ4v) is 2.17. The molecular formula is C14H20BrNO3. The first-order valence-electron chi connectivity index (χ1n) is 6.01. The van der Waals surface area contributed by atoms with E-state index in [0.717, 1.165) is 15.8 Å². The van der Waals surface area contributed by atoms with Crippen molar-refractivity contribution in [2.45, 2.75) is 25.9 Å². The number of carbonyl (C=O) groups excluding carboxylic acids is 1. The average Bonchev–Trinajstić information content (AvgIpc) is 2.29. The van der Waals surface area contributed by atoms with Gasteiger partial charge >= 0.3 is 0 Å². The molecule has 106 valence electrons. The molecule has 0 heterocycles. The van der Waals surface area contributed by atoms with Crippen molar-refractivity contribution in [1.82, 2.24) is 4.90 Å². The molecule has 1 rings (SSSR count). The number of hydrogen-bond donors (Lipinski definition) is 1. The molecule has 1 aromatic rings. The molecular weight excluding hydrogens is 310 g/mol. The molecule has 1 N–H and O–H groups in total. The third-order valence-corrected chi connectivity index (χ3v) is 3.42. The molecule has 0 fully saturated rings. The van der Waals surface area contributed by atoms with Gasteiger partial charge in [-0.2, -0.15) is 0 Å². The number of nitrogens with zero attached hydrogens (tertiary/aromatic N) is 1. The first-order chi connectivity index (χ1) is 8.73. The van der Waals surface area contributed by atoms with Crippen molar-refractivity contribution in [3.8, 4) is 5.75 Å². The predicted octanol–water partition coefficient (Wildman–Crippen LogP) is 2.23. The molecule has 0 saturated heterocycles. The van der Waals surface area contributed by atoms with Gasteiger partial charge in [0, 0.05) is 18.1 Å². The Kier molecular flexibility index (Phi) is 5.38. The van der Waals surface area contributed by atoms with E-state index in [1.54, 1.807) is 28.0 Å². The van der Waals surface area contributed by atoms with Gasteiger partial charge in [-0.25, -0.2) is 0 Å². The molecule has 19 heavy (non-hydrogen) atoms. The number of likely N-dealkylation sites (N-methyl/N-ethyl adjacent to an activating group) is 1. The lowest BCUT2D eigenvalue weighted by Crippen LogP contribution is -2.40. The Morgan fingerprint density at radius 3 is 2.63 bits per heavy atom. The van der Waals surface area contributed by atoms with Crippen LogP contribution < -0.4 is 4.74 Å². The maximum atomic E-state index is 12.1. The van der Waals surface area contributed by atoms with E-state index < -0.39 is 5.60 Å². The van der Waals surface area contributed by atoms with Crippen LogP contribution in [0.1, 0.15) is 19.4 Å². The van der Waals surface area contributed by atoms with E-state index in [1.807, 2.05) is 18.2 Å². The molecule has 0 spiro atoms. The van der Waals surface area contributed by atoms with Crippen LogP contribution in [0.5, 0.6) is 5.75 Å². The summed E-state index contributed by atoms with van der Waals surface area (Å²) in [7, 11) is 3.28. The standard InChI is InChI=1S/C14H20BrNO3/c1-14(2,18)9-16(3)13(17)8-10-7-11(19-4)5-6-12(10)15/h5-7,18H,8-9H2,1-4H3. The van der Waals surface area contributed by atoms with E-state index in [4.69, 9.17) is 4.74 Å². The molecule has 0 radical (unpaired) electrons. The average molecular weight is 330 g/mol. The molecule has 1 aromatic carbocycles. The van der Waals surface area contributed by atoms with Gasteiger partial charge in [0.1, 0.15) is 5.75 Å². The van der Waals surface area contributed by atoms with Crippen LogP contribution in [0.15, 0.2) is 22.7 Å². The van der Waals surface area contributed by atoms with E-state index in [0.29, 0.717) is 6.54 Å². The molecule has 0 bridgehead atoms. The van der Waals surface area contributed by atoms with Gasteiger partial charge in [-0.05, 0) is 37.6 Å². The van der Waals surface area contributed by atoms with Crippen LogP contribution in [0, 0.1) is 0 Å². The Morgan fingerprint density at radius 1 is 1.47 bits per heavy atom. The summed E-state index contributed by atoms with van der Waals surface area (Å²) >= 11 is 3.42. The highest BCUT2D eigenvalue weighted by Gasteiger charge is 2.20. The normalized spacial score (nSPS) is 11.3. The second-order valence-electron chi connectivity index (χ2n) is 5.20. The summed E-state index contributed by atoms with van der Waals surface area (Å²) in [6, 6.07) is 5.52. The highest BCUT2D eigenvalue weighted by atomic mass is 79.9. The summed E-state index contributed by atoms with van der Waals surface area (Å²) in [6.07, 6.45) is 0.268. The lowest BCUT2D eigenvalue weighted by Gasteiger charge is -2.25. The van der Waals surface area contributed by atoms with Crippen LogP contribution in [0.2, 0.25) is 0 Å². The summed E-state index contributed by atoms with van der Waals surface area (Å²) in [5, 5.41) is 9.72. The summed E-state index contributed by atoms with van der Waals surface area (Å²) in [4.78, 5) is 13.6. The van der Waals surface area contributed by atoms with E-state index >= 15 is 0 Å². The van der Waals surface area contributed by atoms with Crippen LogP contribution in [0.3, 0.4) is 0 Å². The maximum Gasteiger partial charge on any atom is 0.226 e. The Morgan fingerprint density at radius 2 is 2.11 bits per heavy atom. The van der Waals surface area contributed by atoms with Gasteiger partial charge in [0.2, 0.25) is 5.91 Å². The second kappa shape index (κ2) is 6.39. The number of methoxy groups -OCH3 is 1. The fourth-order valence-electron chi connectivity index (χ4n) is 1.78. The van der Waals surface area contributed by atoms with Crippen molar-refractivity contribution in [2.75, 3.05) is 20.7 Å². The zero-order chi connectivity index (χ0) is 14.6. The lowest BCUT2D eigenvalue weighted by molar-refractivity contribution is -0.131. The minimum Gasteiger partial charge on any atom is -0.497 e. The predicted molar refractivity (Wildman–Crippen MR) is 78.3 cm³/mol. The summed E-state index contributed by atoms with van der Waals surface area (Å²) < 4.78 is 6.02. The van der Waals surface area contributed by atoms with Crippen molar-refractivity contribution < 1.29 is 14.6 Å². The molecule has 4 nitrogen and oxygen atoms in total. The third kappa shape index (κ3) is 5.20. The minimum absolute atomic E-state index is 0.0453. The fraction of sp³-hybridized carbons (Fsp3) is 0.500. The van der Waals surface area contributed by atoms with Gasteiger partial charge in [0.05, 0.1) is 19.1 Å². The van der Waals surface area contributed by atoms with E-state index in [-0.39, 0.29) is 12.3 Å². The van der Waals surface area contributed by atoms with Gasteiger partial charge in [-0.15, -0.1) is 0 Å². The topological polar surface area (TPSA) is 49.8 Å². The molecule has 0 aliphatic rings. The van der Waals surface area contributed by atoms with Gasteiger partial charge < -0.3 is 14.7 Å². The number of halogens is 1. The molecule has 0 unspecified atom stereocenters. The van der Waals surface area contributed by atoms with Crippen LogP contribution >= 0.6 is 15.9 Å². The smallest absolute Gasteiger partial charge is 0.226 e. The second-order valence-corrected chi connectivity index (χ2v) is 6.05. The molecule has 0 atom stereocenters. The number of ether oxygens (including phenoxy) is 1. The highest BCUT2D eigenvalue weighted by molar-refractivity contribution is 9.10. The van der Waals surface area contributed by atoms with Crippen molar-refractivity contribution in [1.29, 1.82) is 0 Å². The van der Waals surface area contributed by atoms with E-state index in [2.05, 4.69) is 15.9 Å². The van der Waals surface area contributed by atoms with Crippen LogP contribution in [0.25, 0.3) is 0 Å². The molecule has 0 aromatic heterocycles. The zero-order valence-electron chi connectivity index (χ0n) is 11.7. The first-order valence-corrected chi connectivity index (χ1v) is 6.81. The van der Waals surface area contributed by atoms with Crippen molar-refractivity contribution >= 4 is 21.8 Å². The van der Waals surface area contributed by atoms with Crippen LogP contribution in [-0.2, 0) is 11.2 Å². The van der Waals surface area contributed by atoms with Gasteiger partial charge in [0.15, 0.2) is 0 Å². The van der Waals surface area contributed by atoms with Gasteiger partial charge in [0.25, 0.3) is 0 Å². The molecule has 1 amide bonds. The van der Waals surface area contributed by atoms with E-state index in [1.165, 1.54) is 4.90 Å². The number of hydrogen-bond acceptors (Lipinski definition) is 3. The summed E-state index contributed by atoms with van der Waals surface area (Å²) in [6.45, 7) is 3.66. The van der Waals surface area contributed by atoms with Crippen molar-refractivity contribution in [3.05, 3.63) is 28.2 Å². The van der Waals surface area contributed by atoms with E-state index in [9.17, 15) is 9.90 Å². The Bertz CT molecular complexity index is 454. The zero-order valence-corrected chi connectivity index (χ0v) is 13.3. The minimum atomic E-state index is -0.893. The number of benzene rings is 1.